The average molecular weight is 314 g/mol. The van der Waals surface area contributed by atoms with Gasteiger partial charge in [0.2, 0.25) is 0 Å². The molecule has 0 aliphatic carbocycles. The van der Waals surface area contributed by atoms with Crippen LogP contribution in [-0.2, 0) is 11.2 Å². The number of hydrogen-bond acceptors (Lipinski definition) is 5. The first kappa shape index (κ1) is 14.0. The smallest absolute Gasteiger partial charge is 0.294 e. The molecule has 4 nitrogen and oxygen atoms in total. The first-order valence-corrected chi connectivity index (χ1v) is 7.25. The Kier molecular flexibility index (Phi) is 4.57. The van der Waals surface area contributed by atoms with Gasteiger partial charge in [0.05, 0.1) is 4.92 Å². The summed E-state index contributed by atoms with van der Waals surface area (Å²) in [7, 11) is 0. The topological polar surface area (TPSA) is 60.2 Å². The lowest BCUT2D eigenvalue weighted by Crippen LogP contribution is -1.86. The van der Waals surface area contributed by atoms with Crippen molar-refractivity contribution in [3.05, 3.63) is 50.3 Å². The van der Waals surface area contributed by atoms with Crippen LogP contribution in [0.4, 0.5) is 5.69 Å². The highest BCUT2D eigenvalue weighted by Gasteiger charge is 2.19. The average Bonchev–Trinajstić information content (AvgIpc) is 2.76. The van der Waals surface area contributed by atoms with Crippen molar-refractivity contribution in [2.45, 2.75) is 15.5 Å². The molecule has 2 aromatic rings. The molecule has 0 aliphatic heterocycles. The second-order valence-corrected chi connectivity index (χ2v) is 6.48. The number of thiophene rings is 1. The molecule has 7 heteroatoms. The predicted octanol–water partition coefficient (Wildman–Crippen LogP) is 4.20. The molecular weight excluding hydrogens is 306 g/mol. The molecular formula is C12H8ClNO3S2. The summed E-state index contributed by atoms with van der Waals surface area (Å²) in [5.74, 6) is 0. The molecule has 98 valence electrons. The summed E-state index contributed by atoms with van der Waals surface area (Å²) in [5, 5.41) is 11.6. The van der Waals surface area contributed by atoms with Gasteiger partial charge in [0.1, 0.15) is 10.5 Å². The van der Waals surface area contributed by atoms with Gasteiger partial charge in [-0.3, -0.25) is 10.1 Å². The number of nitro groups is 1. The third kappa shape index (κ3) is 3.56. The van der Waals surface area contributed by atoms with E-state index in [9.17, 15) is 14.9 Å². The molecule has 0 aliphatic rings. The molecule has 0 radical (unpaired) electrons. The number of rotatable bonds is 5. The Morgan fingerprint density at radius 1 is 1.37 bits per heavy atom. The molecule has 1 aromatic carbocycles. The van der Waals surface area contributed by atoms with E-state index in [4.69, 9.17) is 11.6 Å². The van der Waals surface area contributed by atoms with Gasteiger partial charge in [0.15, 0.2) is 0 Å². The maximum atomic E-state index is 11.0. The minimum atomic E-state index is -0.428. The van der Waals surface area contributed by atoms with E-state index >= 15 is 0 Å². The lowest BCUT2D eigenvalue weighted by Gasteiger charge is -1.98. The van der Waals surface area contributed by atoms with Gasteiger partial charge in [0.25, 0.3) is 5.69 Å². The minimum Gasteiger partial charge on any atom is -0.303 e. The molecule has 19 heavy (non-hydrogen) atoms. The maximum absolute atomic E-state index is 11.0. The SMILES string of the molecule is O=CCc1cc([N+](=O)[O-])c(Sc2ccc(Cl)cc2)s1. The fourth-order valence-corrected chi connectivity index (χ4v) is 3.83. The van der Waals surface area contributed by atoms with Crippen molar-refractivity contribution in [3.8, 4) is 0 Å². The summed E-state index contributed by atoms with van der Waals surface area (Å²) in [6.07, 6.45) is 0.943. The Hall–Kier alpha value is -1.37. The summed E-state index contributed by atoms with van der Waals surface area (Å²) in [4.78, 5) is 22.6. The Labute approximate surface area is 122 Å². The zero-order chi connectivity index (χ0) is 13.8. The van der Waals surface area contributed by atoms with Crippen LogP contribution in [0.2, 0.25) is 5.02 Å². The lowest BCUT2D eigenvalue weighted by atomic mass is 10.3. The number of hydrogen-bond donors (Lipinski definition) is 0. The van der Waals surface area contributed by atoms with Crippen molar-refractivity contribution in [1.82, 2.24) is 0 Å². The number of carbonyl (C=O) groups is 1. The van der Waals surface area contributed by atoms with Gasteiger partial charge < -0.3 is 4.79 Å². The predicted molar refractivity (Wildman–Crippen MR) is 76.3 cm³/mol. The Balaban J connectivity index is 2.29. The molecule has 0 saturated heterocycles. The summed E-state index contributed by atoms with van der Waals surface area (Å²) in [5.41, 5.74) is 0.0433. The van der Waals surface area contributed by atoms with Gasteiger partial charge in [-0.05, 0) is 24.3 Å². The van der Waals surface area contributed by atoms with Gasteiger partial charge in [-0.25, -0.2) is 0 Å². The van der Waals surface area contributed by atoms with Gasteiger partial charge in [-0.15, -0.1) is 11.3 Å². The molecule has 0 saturated carbocycles. The molecule has 0 unspecified atom stereocenters. The standard InChI is InChI=1S/C12H8ClNO3S2/c13-8-1-3-9(4-2-8)18-12-11(14(16)17)7-10(19-12)5-6-15/h1-4,6-7H,5H2. The first-order valence-electron chi connectivity index (χ1n) is 5.24. The maximum Gasteiger partial charge on any atom is 0.294 e. The Morgan fingerprint density at radius 2 is 2.05 bits per heavy atom. The van der Waals surface area contributed by atoms with E-state index in [1.165, 1.54) is 29.2 Å². The van der Waals surface area contributed by atoms with Crippen molar-refractivity contribution in [3.63, 3.8) is 0 Å². The third-order valence-electron chi connectivity index (χ3n) is 2.24. The number of aldehydes is 1. The minimum absolute atomic E-state index is 0.0433. The second kappa shape index (κ2) is 6.18. The van der Waals surface area contributed by atoms with E-state index in [1.807, 2.05) is 0 Å². The molecule has 0 fully saturated rings. The summed E-state index contributed by atoms with van der Waals surface area (Å²) < 4.78 is 0.573. The van der Waals surface area contributed by atoms with Crippen LogP contribution >= 0.6 is 34.7 Å². The lowest BCUT2D eigenvalue weighted by molar-refractivity contribution is -0.387. The van der Waals surface area contributed by atoms with Gasteiger partial charge >= 0.3 is 0 Å². The van der Waals surface area contributed by atoms with E-state index in [0.717, 1.165) is 11.2 Å². The zero-order valence-corrected chi connectivity index (χ0v) is 11.9. The molecule has 0 spiro atoms. The highest BCUT2D eigenvalue weighted by atomic mass is 35.5. The molecule has 1 aromatic heterocycles. The van der Waals surface area contributed by atoms with E-state index in [2.05, 4.69) is 0 Å². The summed E-state index contributed by atoms with van der Waals surface area (Å²) >= 11 is 8.36. The van der Waals surface area contributed by atoms with E-state index in [1.54, 1.807) is 24.3 Å². The summed E-state index contributed by atoms with van der Waals surface area (Å²) in [6.45, 7) is 0. The number of halogens is 1. The van der Waals surface area contributed by atoms with Crippen LogP contribution in [0.3, 0.4) is 0 Å². The monoisotopic (exact) mass is 313 g/mol. The zero-order valence-electron chi connectivity index (χ0n) is 9.54. The quantitative estimate of drug-likeness (QED) is 0.471. The van der Waals surface area contributed by atoms with E-state index in [0.29, 0.717) is 14.1 Å². The van der Waals surface area contributed by atoms with Gasteiger partial charge in [0, 0.05) is 27.3 Å². The number of benzene rings is 1. The summed E-state index contributed by atoms with van der Waals surface area (Å²) in [6, 6.07) is 8.52. The molecule has 1 heterocycles. The van der Waals surface area contributed by atoms with Crippen molar-refractivity contribution in [2.75, 3.05) is 0 Å². The van der Waals surface area contributed by atoms with Gasteiger partial charge in [-0.1, -0.05) is 23.4 Å². The van der Waals surface area contributed by atoms with Gasteiger partial charge in [-0.2, -0.15) is 0 Å². The second-order valence-electron chi connectivity index (χ2n) is 3.57. The Bertz CT molecular complexity index is 610. The number of nitrogens with zero attached hydrogens (tertiary/aromatic N) is 1. The van der Waals surface area contributed by atoms with Crippen LogP contribution in [0.25, 0.3) is 0 Å². The Morgan fingerprint density at radius 3 is 2.63 bits per heavy atom. The number of carbonyl (C=O) groups excluding carboxylic acids is 1. The van der Waals surface area contributed by atoms with Crippen LogP contribution in [0.15, 0.2) is 39.4 Å². The molecule has 0 bridgehead atoms. The van der Waals surface area contributed by atoms with Crippen molar-refractivity contribution >= 4 is 46.7 Å². The van der Waals surface area contributed by atoms with Crippen molar-refractivity contribution in [1.29, 1.82) is 0 Å². The van der Waals surface area contributed by atoms with Crippen LogP contribution in [0.1, 0.15) is 4.88 Å². The molecule has 0 N–H and O–H groups in total. The van der Waals surface area contributed by atoms with Crippen LogP contribution in [-0.4, -0.2) is 11.2 Å². The normalized spacial score (nSPS) is 10.4. The van der Waals surface area contributed by atoms with Crippen LogP contribution in [0, 0.1) is 10.1 Å². The van der Waals surface area contributed by atoms with Crippen LogP contribution in [0.5, 0.6) is 0 Å². The van der Waals surface area contributed by atoms with E-state index < -0.39 is 4.92 Å². The largest absolute Gasteiger partial charge is 0.303 e. The molecule has 0 atom stereocenters. The fourth-order valence-electron chi connectivity index (χ4n) is 1.40. The third-order valence-corrected chi connectivity index (χ3v) is 4.83. The molecule has 2 rings (SSSR count). The highest BCUT2D eigenvalue weighted by Crippen LogP contribution is 2.41. The highest BCUT2D eigenvalue weighted by molar-refractivity contribution is 8.01. The van der Waals surface area contributed by atoms with Crippen molar-refractivity contribution in [2.24, 2.45) is 0 Å². The fraction of sp³-hybridized carbons (Fsp3) is 0.0833. The van der Waals surface area contributed by atoms with E-state index in [-0.39, 0.29) is 12.1 Å². The molecule has 0 amide bonds. The van der Waals surface area contributed by atoms with Crippen molar-refractivity contribution < 1.29 is 9.72 Å². The first-order chi connectivity index (χ1) is 9.10. The van der Waals surface area contributed by atoms with Crippen LogP contribution < -0.4 is 0 Å².